The molecule has 0 radical (unpaired) electrons. The number of hydrogen-bond acceptors (Lipinski definition) is 3. The number of alkyl halides is 3. The molecule has 3 rings (SSSR count). The smallest absolute Gasteiger partial charge is 0.291 e. The molecule has 0 saturated carbocycles. The van der Waals surface area contributed by atoms with E-state index < -0.39 is 24.0 Å². The molecule has 1 aromatic carbocycles. The van der Waals surface area contributed by atoms with E-state index in [1.165, 1.54) is 0 Å². The molecular formula is C14H16F3N3O. The molecule has 2 aliphatic heterocycles. The summed E-state index contributed by atoms with van der Waals surface area (Å²) in [5.41, 5.74) is 6.72. The number of benzene rings is 1. The molecule has 21 heavy (non-hydrogen) atoms. The lowest BCUT2D eigenvalue weighted by Crippen LogP contribution is -2.63. The monoisotopic (exact) mass is 299 g/mol. The Bertz CT molecular complexity index is 561. The van der Waals surface area contributed by atoms with Crippen molar-refractivity contribution in [3.05, 3.63) is 35.4 Å². The van der Waals surface area contributed by atoms with Gasteiger partial charge in [0.2, 0.25) is 5.91 Å². The standard InChI is InChI=1S/C14H16F3N3O/c1-8-10-5-3-2-4-9(10)7-20(8)11-6-18-19-13(21)12(11)14(15,16)17/h2-5,8,11-12,18H,6-7H2,1H3,(H,19,21). The number of fused-ring (bicyclic) bond motifs is 1. The Morgan fingerprint density at radius 2 is 2.00 bits per heavy atom. The van der Waals surface area contributed by atoms with Gasteiger partial charge < -0.3 is 0 Å². The van der Waals surface area contributed by atoms with E-state index in [-0.39, 0.29) is 12.6 Å². The topological polar surface area (TPSA) is 44.4 Å². The highest BCUT2D eigenvalue weighted by molar-refractivity contribution is 5.80. The van der Waals surface area contributed by atoms with Crippen LogP contribution < -0.4 is 10.9 Å². The van der Waals surface area contributed by atoms with Crippen LogP contribution in [-0.4, -0.2) is 29.6 Å². The number of carbonyl (C=O) groups is 1. The summed E-state index contributed by atoms with van der Waals surface area (Å²) in [6.07, 6.45) is -4.55. The summed E-state index contributed by atoms with van der Waals surface area (Å²) in [4.78, 5) is 13.4. The Hall–Kier alpha value is -1.60. The summed E-state index contributed by atoms with van der Waals surface area (Å²) in [7, 11) is 0. The van der Waals surface area contributed by atoms with Crippen LogP contribution in [0.5, 0.6) is 0 Å². The number of halogens is 3. The van der Waals surface area contributed by atoms with Gasteiger partial charge in [0.1, 0.15) is 0 Å². The Balaban J connectivity index is 1.91. The normalized spacial score (nSPS) is 30.1. The van der Waals surface area contributed by atoms with Crippen molar-refractivity contribution in [1.29, 1.82) is 0 Å². The number of rotatable bonds is 1. The molecule has 1 saturated heterocycles. The van der Waals surface area contributed by atoms with E-state index in [4.69, 9.17) is 0 Å². The predicted molar refractivity (Wildman–Crippen MR) is 69.9 cm³/mol. The molecule has 0 spiro atoms. The Morgan fingerprint density at radius 1 is 1.29 bits per heavy atom. The highest BCUT2D eigenvalue weighted by atomic mass is 19.4. The summed E-state index contributed by atoms with van der Waals surface area (Å²) >= 11 is 0. The summed E-state index contributed by atoms with van der Waals surface area (Å²) < 4.78 is 39.7. The van der Waals surface area contributed by atoms with Crippen LogP contribution in [0.25, 0.3) is 0 Å². The first-order valence-electron chi connectivity index (χ1n) is 6.82. The maximum atomic E-state index is 13.2. The third kappa shape index (κ3) is 2.40. The molecule has 4 nitrogen and oxygen atoms in total. The van der Waals surface area contributed by atoms with Gasteiger partial charge in [-0.05, 0) is 18.1 Å². The zero-order valence-corrected chi connectivity index (χ0v) is 11.4. The molecule has 2 aliphatic rings. The lowest BCUT2D eigenvalue weighted by Gasteiger charge is -2.40. The molecule has 3 unspecified atom stereocenters. The molecule has 0 bridgehead atoms. The maximum absolute atomic E-state index is 13.2. The van der Waals surface area contributed by atoms with Crippen LogP contribution in [-0.2, 0) is 11.3 Å². The molecular weight excluding hydrogens is 283 g/mol. The zero-order valence-electron chi connectivity index (χ0n) is 11.4. The first-order valence-corrected chi connectivity index (χ1v) is 6.82. The van der Waals surface area contributed by atoms with Crippen molar-refractivity contribution in [2.75, 3.05) is 6.54 Å². The fourth-order valence-electron chi connectivity index (χ4n) is 3.29. The SMILES string of the molecule is CC1c2ccccc2CN1C1CNNC(=O)C1C(F)(F)F. The highest BCUT2D eigenvalue weighted by Crippen LogP contribution is 2.40. The van der Waals surface area contributed by atoms with Gasteiger partial charge in [0.15, 0.2) is 5.92 Å². The molecule has 1 fully saturated rings. The first kappa shape index (κ1) is 14.3. The molecule has 0 aliphatic carbocycles. The van der Waals surface area contributed by atoms with E-state index in [0.717, 1.165) is 11.1 Å². The van der Waals surface area contributed by atoms with Crippen molar-refractivity contribution in [1.82, 2.24) is 15.8 Å². The number of nitrogens with zero attached hydrogens (tertiary/aromatic N) is 1. The van der Waals surface area contributed by atoms with Crippen molar-refractivity contribution in [2.45, 2.75) is 31.7 Å². The van der Waals surface area contributed by atoms with Gasteiger partial charge in [-0.2, -0.15) is 13.2 Å². The molecule has 7 heteroatoms. The van der Waals surface area contributed by atoms with Crippen LogP contribution in [0.15, 0.2) is 24.3 Å². The average molecular weight is 299 g/mol. The van der Waals surface area contributed by atoms with Crippen LogP contribution in [0.1, 0.15) is 24.1 Å². The summed E-state index contributed by atoms with van der Waals surface area (Å²) in [6, 6.07) is 6.57. The second-order valence-corrected chi connectivity index (χ2v) is 5.50. The molecule has 1 amide bonds. The number of nitrogens with one attached hydrogen (secondary N) is 2. The second-order valence-electron chi connectivity index (χ2n) is 5.50. The molecule has 2 heterocycles. The van der Waals surface area contributed by atoms with E-state index in [2.05, 4.69) is 10.9 Å². The van der Waals surface area contributed by atoms with Crippen molar-refractivity contribution in [3.8, 4) is 0 Å². The van der Waals surface area contributed by atoms with Crippen LogP contribution >= 0.6 is 0 Å². The minimum Gasteiger partial charge on any atom is -0.291 e. The fraction of sp³-hybridized carbons (Fsp3) is 0.500. The second kappa shape index (κ2) is 4.99. The van der Waals surface area contributed by atoms with E-state index in [9.17, 15) is 18.0 Å². The van der Waals surface area contributed by atoms with Crippen LogP contribution in [0, 0.1) is 5.92 Å². The Kier molecular flexibility index (Phi) is 3.41. The third-order valence-electron chi connectivity index (χ3n) is 4.32. The summed E-state index contributed by atoms with van der Waals surface area (Å²) in [6.45, 7) is 2.39. The maximum Gasteiger partial charge on any atom is 0.402 e. The van der Waals surface area contributed by atoms with Gasteiger partial charge in [-0.1, -0.05) is 24.3 Å². The van der Waals surface area contributed by atoms with Gasteiger partial charge in [-0.15, -0.1) is 0 Å². The third-order valence-corrected chi connectivity index (χ3v) is 4.32. The first-order chi connectivity index (χ1) is 9.89. The van der Waals surface area contributed by atoms with Gasteiger partial charge in [0, 0.05) is 25.2 Å². The zero-order chi connectivity index (χ0) is 15.2. The van der Waals surface area contributed by atoms with E-state index >= 15 is 0 Å². The quantitative estimate of drug-likeness (QED) is 0.830. The Morgan fingerprint density at radius 3 is 2.67 bits per heavy atom. The summed E-state index contributed by atoms with van der Waals surface area (Å²) in [5.74, 6) is -3.02. The number of amides is 1. The van der Waals surface area contributed by atoms with Gasteiger partial charge >= 0.3 is 6.18 Å². The van der Waals surface area contributed by atoms with E-state index in [1.807, 2.05) is 31.2 Å². The number of carbonyl (C=O) groups excluding carboxylic acids is 1. The average Bonchev–Trinajstić information content (AvgIpc) is 2.75. The fourth-order valence-corrected chi connectivity index (χ4v) is 3.29. The Labute approximate surface area is 120 Å². The van der Waals surface area contributed by atoms with Crippen molar-refractivity contribution < 1.29 is 18.0 Å². The largest absolute Gasteiger partial charge is 0.402 e. The highest BCUT2D eigenvalue weighted by Gasteiger charge is 2.54. The van der Waals surface area contributed by atoms with Gasteiger partial charge in [-0.3, -0.25) is 15.1 Å². The van der Waals surface area contributed by atoms with Gasteiger partial charge in [0.25, 0.3) is 0 Å². The van der Waals surface area contributed by atoms with Crippen LogP contribution in [0.3, 0.4) is 0 Å². The molecule has 3 atom stereocenters. The van der Waals surface area contributed by atoms with Crippen molar-refractivity contribution in [3.63, 3.8) is 0 Å². The minimum absolute atomic E-state index is 0.0776. The van der Waals surface area contributed by atoms with Crippen LogP contribution in [0.4, 0.5) is 13.2 Å². The van der Waals surface area contributed by atoms with Gasteiger partial charge in [-0.25, -0.2) is 5.43 Å². The summed E-state index contributed by atoms with van der Waals surface area (Å²) in [5, 5.41) is 0. The predicted octanol–water partition coefficient (Wildman–Crippen LogP) is 1.74. The lowest BCUT2D eigenvalue weighted by molar-refractivity contribution is -0.202. The lowest BCUT2D eigenvalue weighted by atomic mass is 9.94. The van der Waals surface area contributed by atoms with Crippen LogP contribution in [0.2, 0.25) is 0 Å². The van der Waals surface area contributed by atoms with Crippen molar-refractivity contribution in [2.24, 2.45) is 5.92 Å². The van der Waals surface area contributed by atoms with E-state index in [1.54, 1.807) is 4.90 Å². The molecule has 0 aromatic heterocycles. The van der Waals surface area contributed by atoms with E-state index in [0.29, 0.717) is 6.54 Å². The molecule has 114 valence electrons. The van der Waals surface area contributed by atoms with Crippen molar-refractivity contribution >= 4 is 5.91 Å². The molecule has 1 aromatic rings. The van der Waals surface area contributed by atoms with Gasteiger partial charge in [0.05, 0.1) is 0 Å². The number of hydrogen-bond donors (Lipinski definition) is 2. The number of hydrazine groups is 1. The molecule has 2 N–H and O–H groups in total. The minimum atomic E-state index is -4.55.